The summed E-state index contributed by atoms with van der Waals surface area (Å²) in [7, 11) is -4.19. The fraction of sp³-hybridized carbons (Fsp3) is 0.368. The smallest absolute Gasteiger partial charge is 0.294 e. The number of rotatable bonds is 7. The van der Waals surface area contributed by atoms with Crippen LogP contribution in [0.15, 0.2) is 47.4 Å². The third-order valence-electron chi connectivity index (χ3n) is 3.68. The number of aryl methyl sites for hydroxylation is 1. The number of nitrogens with zero attached hydrogens (tertiary/aromatic N) is 1. The molecule has 0 radical (unpaired) electrons. The summed E-state index contributed by atoms with van der Waals surface area (Å²) in [4.78, 5) is 2.04. The molecule has 2 rings (SSSR count). The van der Waals surface area contributed by atoms with Gasteiger partial charge in [0.15, 0.2) is 0 Å². The normalized spacial score (nSPS) is 10.7. The number of hydrogen-bond donors (Lipinski definition) is 2. The van der Waals surface area contributed by atoms with Crippen LogP contribution in [0.5, 0.6) is 5.75 Å². The van der Waals surface area contributed by atoms with Crippen molar-refractivity contribution in [1.29, 1.82) is 0 Å². The first-order valence-electron chi connectivity index (χ1n) is 8.60. The molecule has 0 aromatic heterocycles. The minimum absolute atomic E-state index is 0.182. The summed E-state index contributed by atoms with van der Waals surface area (Å²) in [5, 5.41) is 0. The van der Waals surface area contributed by atoms with E-state index in [1.165, 1.54) is 23.4 Å². The highest BCUT2D eigenvalue weighted by atomic mass is 35.5. The third kappa shape index (κ3) is 7.66. The number of alkyl halides is 1. The summed E-state index contributed by atoms with van der Waals surface area (Å²) in [5.74, 6) is 1.09. The standard InChI is InChI=1S/C11H16ClN.C8H11NO4S/c1-3-13(8-7-12)11-6-4-5-10(2)9-11;1-2-13-8-4-3-6(5-7(8)9)14(10,11)12/h4-6,9H,3,7-8H2,1-2H3;3-5H,2,9H2,1H3,(H,10,11,12). The van der Waals surface area contributed by atoms with Gasteiger partial charge in [0.05, 0.1) is 17.2 Å². The van der Waals surface area contributed by atoms with Crippen LogP contribution >= 0.6 is 11.6 Å². The van der Waals surface area contributed by atoms with E-state index in [0.717, 1.165) is 19.2 Å². The molecule has 8 heteroatoms. The van der Waals surface area contributed by atoms with Crippen molar-refractivity contribution in [1.82, 2.24) is 0 Å². The number of nitrogen functional groups attached to an aromatic ring is 1. The summed E-state index contributed by atoms with van der Waals surface area (Å²) in [6.07, 6.45) is 0. The lowest BCUT2D eigenvalue weighted by atomic mass is 10.2. The average Bonchev–Trinajstić information content (AvgIpc) is 2.61. The van der Waals surface area contributed by atoms with Crippen LogP contribution in [-0.2, 0) is 10.1 Å². The van der Waals surface area contributed by atoms with Gasteiger partial charge >= 0.3 is 0 Å². The molecule has 2 aromatic carbocycles. The van der Waals surface area contributed by atoms with Crippen molar-refractivity contribution < 1.29 is 17.7 Å². The van der Waals surface area contributed by atoms with E-state index >= 15 is 0 Å². The summed E-state index contributed by atoms with van der Waals surface area (Å²) in [6.45, 7) is 8.41. The van der Waals surface area contributed by atoms with Gasteiger partial charge in [-0.25, -0.2) is 0 Å². The van der Waals surface area contributed by atoms with Crippen molar-refractivity contribution in [3.8, 4) is 5.75 Å². The van der Waals surface area contributed by atoms with Crippen molar-refractivity contribution in [2.24, 2.45) is 0 Å². The number of hydrogen-bond acceptors (Lipinski definition) is 5. The van der Waals surface area contributed by atoms with Gasteiger partial charge in [-0.1, -0.05) is 12.1 Å². The Hall–Kier alpha value is -1.96. The Morgan fingerprint density at radius 2 is 1.89 bits per heavy atom. The Balaban J connectivity index is 0.000000271. The molecule has 0 spiro atoms. The van der Waals surface area contributed by atoms with E-state index in [2.05, 4.69) is 43.0 Å². The first-order chi connectivity index (χ1) is 12.7. The Bertz CT molecular complexity index is 828. The van der Waals surface area contributed by atoms with E-state index in [4.69, 9.17) is 26.6 Å². The van der Waals surface area contributed by atoms with E-state index < -0.39 is 10.1 Å². The lowest BCUT2D eigenvalue weighted by Gasteiger charge is -2.22. The SMILES string of the molecule is CCN(CCCl)c1cccc(C)c1.CCOc1ccc(S(=O)(=O)O)cc1N. The van der Waals surface area contributed by atoms with E-state index in [0.29, 0.717) is 18.2 Å². The molecule has 27 heavy (non-hydrogen) atoms. The minimum atomic E-state index is -4.19. The lowest BCUT2D eigenvalue weighted by Crippen LogP contribution is -2.24. The predicted octanol–water partition coefficient (Wildman–Crippen LogP) is 3.97. The number of anilines is 2. The number of benzene rings is 2. The van der Waals surface area contributed by atoms with Crippen LogP contribution in [0, 0.1) is 6.92 Å². The van der Waals surface area contributed by atoms with Crippen LogP contribution in [-0.4, -0.2) is 38.5 Å². The van der Waals surface area contributed by atoms with Gasteiger partial charge < -0.3 is 15.4 Å². The molecule has 0 atom stereocenters. The maximum absolute atomic E-state index is 10.7. The van der Waals surface area contributed by atoms with Gasteiger partial charge in [0, 0.05) is 24.7 Å². The van der Waals surface area contributed by atoms with Crippen molar-refractivity contribution in [2.45, 2.75) is 25.7 Å². The molecule has 0 aliphatic carbocycles. The second-order valence-electron chi connectivity index (χ2n) is 5.72. The summed E-state index contributed by atoms with van der Waals surface area (Å²) >= 11 is 5.72. The van der Waals surface area contributed by atoms with Gasteiger partial charge in [0.2, 0.25) is 0 Å². The first kappa shape index (κ1) is 23.1. The van der Waals surface area contributed by atoms with Gasteiger partial charge in [0.25, 0.3) is 10.1 Å². The van der Waals surface area contributed by atoms with Crippen LogP contribution in [0.1, 0.15) is 19.4 Å². The van der Waals surface area contributed by atoms with Gasteiger partial charge in [0.1, 0.15) is 5.75 Å². The third-order valence-corrected chi connectivity index (χ3v) is 4.70. The fourth-order valence-corrected chi connectivity index (χ4v) is 3.09. The molecule has 0 aliphatic heterocycles. The highest BCUT2D eigenvalue weighted by molar-refractivity contribution is 7.85. The number of ether oxygens (including phenoxy) is 1. The Kier molecular flexibility index (Phi) is 9.41. The molecule has 2 aromatic rings. The molecule has 0 bridgehead atoms. The summed E-state index contributed by atoms with van der Waals surface area (Å²) in [5.41, 5.74) is 8.25. The molecular formula is C19H27ClN2O4S. The van der Waals surface area contributed by atoms with Crippen molar-refractivity contribution >= 4 is 33.1 Å². The molecule has 0 saturated heterocycles. The zero-order valence-corrected chi connectivity index (χ0v) is 17.4. The van der Waals surface area contributed by atoms with Gasteiger partial charge in [-0.2, -0.15) is 8.42 Å². The van der Waals surface area contributed by atoms with Crippen LogP contribution < -0.4 is 15.4 Å². The molecule has 0 fully saturated rings. The molecular weight excluding hydrogens is 388 g/mol. The zero-order chi connectivity index (χ0) is 20.4. The van der Waals surface area contributed by atoms with E-state index in [1.54, 1.807) is 6.92 Å². The van der Waals surface area contributed by atoms with Gasteiger partial charge in [-0.15, -0.1) is 11.6 Å². The average molecular weight is 415 g/mol. The summed E-state index contributed by atoms with van der Waals surface area (Å²) in [6, 6.07) is 12.3. The number of nitrogens with two attached hydrogens (primary N) is 1. The molecule has 3 N–H and O–H groups in total. The largest absolute Gasteiger partial charge is 0.492 e. The predicted molar refractivity (Wildman–Crippen MR) is 112 cm³/mol. The second-order valence-corrected chi connectivity index (χ2v) is 7.51. The quantitative estimate of drug-likeness (QED) is 0.404. The minimum Gasteiger partial charge on any atom is -0.492 e. The maximum Gasteiger partial charge on any atom is 0.294 e. The monoisotopic (exact) mass is 414 g/mol. The molecule has 150 valence electrons. The molecule has 0 aliphatic rings. The second kappa shape index (κ2) is 11.0. The van der Waals surface area contributed by atoms with Crippen LogP contribution in [0.3, 0.4) is 0 Å². The molecule has 0 saturated carbocycles. The van der Waals surface area contributed by atoms with Crippen LogP contribution in [0.25, 0.3) is 0 Å². The zero-order valence-electron chi connectivity index (χ0n) is 15.9. The van der Waals surface area contributed by atoms with E-state index in [-0.39, 0.29) is 10.6 Å². The lowest BCUT2D eigenvalue weighted by molar-refractivity contribution is 0.342. The van der Waals surface area contributed by atoms with Gasteiger partial charge in [-0.3, -0.25) is 4.55 Å². The van der Waals surface area contributed by atoms with Crippen LogP contribution in [0.2, 0.25) is 0 Å². The highest BCUT2D eigenvalue weighted by Crippen LogP contribution is 2.24. The molecule has 0 unspecified atom stereocenters. The van der Waals surface area contributed by atoms with Crippen molar-refractivity contribution in [3.05, 3.63) is 48.0 Å². The Morgan fingerprint density at radius 3 is 2.37 bits per heavy atom. The molecule has 6 nitrogen and oxygen atoms in total. The van der Waals surface area contributed by atoms with Gasteiger partial charge in [-0.05, 0) is 56.7 Å². The van der Waals surface area contributed by atoms with Crippen molar-refractivity contribution in [2.75, 3.05) is 36.2 Å². The topological polar surface area (TPSA) is 92.9 Å². The van der Waals surface area contributed by atoms with E-state index in [9.17, 15) is 8.42 Å². The molecule has 0 amide bonds. The highest BCUT2D eigenvalue weighted by Gasteiger charge is 2.11. The fourth-order valence-electron chi connectivity index (χ4n) is 2.37. The van der Waals surface area contributed by atoms with Crippen LogP contribution in [0.4, 0.5) is 11.4 Å². The maximum atomic E-state index is 10.7. The Labute approximate surface area is 166 Å². The first-order valence-corrected chi connectivity index (χ1v) is 10.6. The summed E-state index contributed by atoms with van der Waals surface area (Å²) < 4.78 is 35.2. The Morgan fingerprint density at radius 1 is 1.19 bits per heavy atom. The molecule has 0 heterocycles. The number of halogens is 1. The van der Waals surface area contributed by atoms with E-state index in [1.807, 2.05) is 0 Å². The van der Waals surface area contributed by atoms with Crippen molar-refractivity contribution in [3.63, 3.8) is 0 Å².